The van der Waals surface area contributed by atoms with Crippen molar-refractivity contribution in [1.29, 1.82) is 0 Å². The predicted molar refractivity (Wildman–Crippen MR) is 84.2 cm³/mol. The molecule has 5 heteroatoms. The van der Waals surface area contributed by atoms with Crippen LogP contribution in [0, 0.1) is 6.92 Å². The largest absolute Gasteiger partial charge is 0.374 e. The van der Waals surface area contributed by atoms with Gasteiger partial charge in [-0.1, -0.05) is 23.8 Å². The third-order valence-corrected chi connectivity index (χ3v) is 2.90. The first-order chi connectivity index (χ1) is 10.1. The monoisotopic (exact) mass is 282 g/mol. The van der Waals surface area contributed by atoms with E-state index in [0.29, 0.717) is 0 Å². The average Bonchev–Trinajstić information content (AvgIpc) is 2.50. The van der Waals surface area contributed by atoms with E-state index in [1.165, 1.54) is 5.56 Å². The molecule has 1 amide bonds. The summed E-state index contributed by atoms with van der Waals surface area (Å²) in [7, 11) is 0. The molecular formula is C16H18N4O. The standard InChI is InChI=1S/C16H18N4O/c1-12-5-7-15(8-6-12)19-13(2)16(21)20-18-11-14-4-3-9-17-10-14/h3-11,13,19H,1-2H3,(H,20,21)/b18-11+. The van der Waals surface area contributed by atoms with E-state index in [4.69, 9.17) is 0 Å². The van der Waals surface area contributed by atoms with Gasteiger partial charge in [0.05, 0.1) is 6.21 Å². The fraction of sp³-hybridized carbons (Fsp3) is 0.188. The summed E-state index contributed by atoms with van der Waals surface area (Å²) < 4.78 is 0. The first kappa shape index (κ1) is 14.7. The van der Waals surface area contributed by atoms with Gasteiger partial charge in [0.25, 0.3) is 5.91 Å². The molecular weight excluding hydrogens is 264 g/mol. The van der Waals surface area contributed by atoms with Crippen LogP contribution in [0.2, 0.25) is 0 Å². The third-order valence-electron chi connectivity index (χ3n) is 2.90. The summed E-state index contributed by atoms with van der Waals surface area (Å²) in [4.78, 5) is 15.9. The van der Waals surface area contributed by atoms with Crippen molar-refractivity contribution in [2.24, 2.45) is 5.10 Å². The van der Waals surface area contributed by atoms with Crippen molar-refractivity contribution in [3.8, 4) is 0 Å². The Labute approximate surface area is 124 Å². The smallest absolute Gasteiger partial charge is 0.262 e. The highest BCUT2D eigenvalue weighted by Crippen LogP contribution is 2.09. The van der Waals surface area contributed by atoms with E-state index in [-0.39, 0.29) is 11.9 Å². The molecule has 0 spiro atoms. The van der Waals surface area contributed by atoms with Crippen LogP contribution in [-0.2, 0) is 4.79 Å². The summed E-state index contributed by atoms with van der Waals surface area (Å²) >= 11 is 0. The summed E-state index contributed by atoms with van der Waals surface area (Å²) in [6, 6.07) is 11.2. The van der Waals surface area contributed by atoms with Crippen molar-refractivity contribution >= 4 is 17.8 Å². The summed E-state index contributed by atoms with van der Waals surface area (Å²) in [6.07, 6.45) is 4.91. The summed E-state index contributed by atoms with van der Waals surface area (Å²) in [6.45, 7) is 3.81. The molecule has 0 aliphatic rings. The van der Waals surface area contributed by atoms with E-state index < -0.39 is 0 Å². The lowest BCUT2D eigenvalue weighted by Gasteiger charge is -2.13. The lowest BCUT2D eigenvalue weighted by Crippen LogP contribution is -2.34. The van der Waals surface area contributed by atoms with Crippen LogP contribution in [0.15, 0.2) is 53.9 Å². The molecule has 0 radical (unpaired) electrons. The molecule has 1 aromatic heterocycles. The maximum absolute atomic E-state index is 11.9. The Balaban J connectivity index is 1.85. The summed E-state index contributed by atoms with van der Waals surface area (Å²) in [5, 5.41) is 7.03. The summed E-state index contributed by atoms with van der Waals surface area (Å²) in [5.41, 5.74) is 5.41. The number of hydrogen-bond donors (Lipinski definition) is 2. The Bertz CT molecular complexity index is 608. The minimum absolute atomic E-state index is 0.198. The van der Waals surface area contributed by atoms with Crippen molar-refractivity contribution in [1.82, 2.24) is 10.4 Å². The second-order valence-corrected chi connectivity index (χ2v) is 4.75. The van der Waals surface area contributed by atoms with Gasteiger partial charge >= 0.3 is 0 Å². The van der Waals surface area contributed by atoms with E-state index >= 15 is 0 Å². The molecule has 0 bridgehead atoms. The van der Waals surface area contributed by atoms with Gasteiger partial charge in [0.2, 0.25) is 0 Å². The second kappa shape index (κ2) is 7.19. The number of aromatic nitrogens is 1. The zero-order chi connectivity index (χ0) is 15.1. The van der Waals surface area contributed by atoms with Crippen LogP contribution in [0.3, 0.4) is 0 Å². The van der Waals surface area contributed by atoms with Gasteiger partial charge in [-0.15, -0.1) is 0 Å². The molecule has 0 aliphatic carbocycles. The first-order valence-electron chi connectivity index (χ1n) is 6.71. The van der Waals surface area contributed by atoms with Crippen LogP contribution < -0.4 is 10.7 Å². The molecule has 0 aliphatic heterocycles. The van der Waals surface area contributed by atoms with Gasteiger partial charge < -0.3 is 5.32 Å². The fourth-order valence-electron chi connectivity index (χ4n) is 1.68. The first-order valence-corrected chi connectivity index (χ1v) is 6.71. The van der Waals surface area contributed by atoms with E-state index in [1.807, 2.05) is 43.3 Å². The van der Waals surface area contributed by atoms with Crippen LogP contribution >= 0.6 is 0 Å². The predicted octanol–water partition coefficient (Wildman–Crippen LogP) is 2.34. The van der Waals surface area contributed by atoms with Crippen molar-refractivity contribution < 1.29 is 4.79 Å². The van der Waals surface area contributed by atoms with E-state index in [0.717, 1.165) is 11.3 Å². The van der Waals surface area contributed by atoms with Crippen molar-refractivity contribution in [2.45, 2.75) is 19.9 Å². The van der Waals surface area contributed by atoms with Gasteiger partial charge in [-0.3, -0.25) is 9.78 Å². The molecule has 108 valence electrons. The van der Waals surface area contributed by atoms with Gasteiger partial charge in [-0.2, -0.15) is 5.10 Å². The topological polar surface area (TPSA) is 66.4 Å². The Hall–Kier alpha value is -2.69. The van der Waals surface area contributed by atoms with Gasteiger partial charge in [0, 0.05) is 23.6 Å². The molecule has 0 saturated carbocycles. The highest BCUT2D eigenvalue weighted by molar-refractivity contribution is 5.86. The number of rotatable bonds is 5. The lowest BCUT2D eigenvalue weighted by molar-refractivity contribution is -0.121. The number of nitrogens with one attached hydrogen (secondary N) is 2. The molecule has 1 atom stereocenters. The minimum atomic E-state index is -0.376. The Kier molecular flexibility index (Phi) is 5.04. The van der Waals surface area contributed by atoms with Crippen molar-refractivity contribution in [3.63, 3.8) is 0 Å². The number of aryl methyl sites for hydroxylation is 1. The second-order valence-electron chi connectivity index (χ2n) is 4.75. The van der Waals surface area contributed by atoms with Crippen LogP contribution in [0.25, 0.3) is 0 Å². The quantitative estimate of drug-likeness (QED) is 0.653. The average molecular weight is 282 g/mol. The zero-order valence-corrected chi connectivity index (χ0v) is 12.1. The van der Waals surface area contributed by atoms with Crippen molar-refractivity contribution in [2.75, 3.05) is 5.32 Å². The number of nitrogens with zero attached hydrogens (tertiary/aromatic N) is 2. The number of hydrogen-bond acceptors (Lipinski definition) is 4. The normalized spacial score (nSPS) is 12.1. The van der Waals surface area contributed by atoms with Gasteiger partial charge in [-0.25, -0.2) is 5.43 Å². The van der Waals surface area contributed by atoms with E-state index in [9.17, 15) is 4.79 Å². The molecule has 2 aromatic rings. The maximum Gasteiger partial charge on any atom is 0.262 e. The van der Waals surface area contributed by atoms with Crippen LogP contribution in [0.4, 0.5) is 5.69 Å². The number of hydrazone groups is 1. The van der Waals surface area contributed by atoms with E-state index in [1.54, 1.807) is 25.5 Å². The molecule has 1 unspecified atom stereocenters. The molecule has 5 nitrogen and oxygen atoms in total. The number of anilines is 1. The fourth-order valence-corrected chi connectivity index (χ4v) is 1.68. The van der Waals surface area contributed by atoms with Crippen LogP contribution in [-0.4, -0.2) is 23.1 Å². The molecule has 1 aromatic carbocycles. The Morgan fingerprint density at radius 1 is 1.29 bits per heavy atom. The van der Waals surface area contributed by atoms with Crippen LogP contribution in [0.1, 0.15) is 18.1 Å². The molecule has 21 heavy (non-hydrogen) atoms. The third kappa shape index (κ3) is 4.72. The Morgan fingerprint density at radius 2 is 2.05 bits per heavy atom. The highest BCUT2D eigenvalue weighted by atomic mass is 16.2. The van der Waals surface area contributed by atoms with Gasteiger partial charge in [-0.05, 0) is 32.0 Å². The number of benzene rings is 1. The van der Waals surface area contributed by atoms with Gasteiger partial charge in [0.15, 0.2) is 0 Å². The SMILES string of the molecule is Cc1ccc(NC(C)C(=O)N/N=C/c2cccnc2)cc1. The lowest BCUT2D eigenvalue weighted by atomic mass is 10.2. The molecule has 1 heterocycles. The minimum Gasteiger partial charge on any atom is -0.374 e. The summed E-state index contributed by atoms with van der Waals surface area (Å²) in [5.74, 6) is -0.198. The molecule has 2 N–H and O–H groups in total. The number of carbonyl (C=O) groups excluding carboxylic acids is 1. The van der Waals surface area contributed by atoms with E-state index in [2.05, 4.69) is 20.8 Å². The number of amides is 1. The Morgan fingerprint density at radius 3 is 2.71 bits per heavy atom. The van der Waals surface area contributed by atoms with Crippen LogP contribution in [0.5, 0.6) is 0 Å². The maximum atomic E-state index is 11.9. The number of pyridine rings is 1. The zero-order valence-electron chi connectivity index (χ0n) is 12.1. The molecule has 2 rings (SSSR count). The van der Waals surface area contributed by atoms with Gasteiger partial charge in [0.1, 0.15) is 6.04 Å². The molecule has 0 fully saturated rings. The number of carbonyl (C=O) groups is 1. The highest BCUT2D eigenvalue weighted by Gasteiger charge is 2.11. The molecule has 0 saturated heterocycles. The van der Waals surface area contributed by atoms with Crippen molar-refractivity contribution in [3.05, 3.63) is 59.9 Å².